The quantitative estimate of drug-likeness (QED) is 0.793. The van der Waals surface area contributed by atoms with Gasteiger partial charge in [0, 0.05) is 37.6 Å². The first-order valence-corrected chi connectivity index (χ1v) is 8.13. The van der Waals surface area contributed by atoms with Gasteiger partial charge in [-0.15, -0.1) is 0 Å². The van der Waals surface area contributed by atoms with Crippen molar-refractivity contribution in [2.45, 2.75) is 25.1 Å². The summed E-state index contributed by atoms with van der Waals surface area (Å²) in [7, 11) is 6.39. The Morgan fingerprint density at radius 3 is 2.47 bits per heavy atom. The Kier molecular flexibility index (Phi) is 4.90. The van der Waals surface area contributed by atoms with E-state index in [9.17, 15) is 0 Å². The maximum atomic E-state index is 4.56. The van der Waals surface area contributed by atoms with E-state index < -0.39 is 0 Å². The second-order valence-corrected chi connectivity index (χ2v) is 6.40. The maximum Gasteiger partial charge on any atom is 0.130 e. The molecule has 1 aliphatic heterocycles. The first-order chi connectivity index (χ1) is 9.02. The number of aromatic nitrogens is 2. The average Bonchev–Trinajstić information content (AvgIpc) is 2.64. The van der Waals surface area contributed by atoms with E-state index in [1.807, 2.05) is 4.68 Å². The summed E-state index contributed by atoms with van der Waals surface area (Å²) in [5.41, 5.74) is 2.48. The van der Waals surface area contributed by atoms with Gasteiger partial charge in [-0.25, -0.2) is 0 Å². The van der Waals surface area contributed by atoms with Crippen molar-refractivity contribution in [1.29, 1.82) is 0 Å². The monoisotopic (exact) mass is 328 g/mol. The molecule has 0 atom stereocenters. The summed E-state index contributed by atoms with van der Waals surface area (Å²) >= 11 is 3.60. The minimum atomic E-state index is 0.841. The second-order valence-electron chi connectivity index (χ2n) is 5.84. The molecule has 1 aromatic heterocycles. The molecule has 0 bridgehead atoms. The summed E-state index contributed by atoms with van der Waals surface area (Å²) < 4.78 is 2.04. The zero-order valence-corrected chi connectivity index (χ0v) is 14.1. The number of nitrogens with zero attached hydrogens (tertiary/aromatic N) is 4. The van der Waals surface area contributed by atoms with Crippen molar-refractivity contribution in [3.63, 3.8) is 0 Å². The van der Waals surface area contributed by atoms with Crippen LogP contribution in [-0.4, -0.2) is 48.4 Å². The molecule has 5 heteroatoms. The largest absolute Gasteiger partial charge is 0.357 e. The van der Waals surface area contributed by atoms with E-state index in [0.29, 0.717) is 0 Å². The molecule has 0 radical (unpaired) electrons. The molecule has 1 aliphatic rings. The van der Waals surface area contributed by atoms with Crippen molar-refractivity contribution in [3.05, 3.63) is 11.3 Å². The number of aryl methyl sites for hydroxylation is 2. The molecule has 0 saturated carbocycles. The van der Waals surface area contributed by atoms with Crippen LogP contribution in [-0.2, 0) is 12.4 Å². The molecule has 2 rings (SSSR count). The summed E-state index contributed by atoms with van der Waals surface area (Å²) in [6.45, 7) is 5.61. The minimum Gasteiger partial charge on any atom is -0.357 e. The van der Waals surface area contributed by atoms with Crippen molar-refractivity contribution < 1.29 is 0 Å². The van der Waals surface area contributed by atoms with Crippen LogP contribution in [0.15, 0.2) is 0 Å². The van der Waals surface area contributed by atoms with Gasteiger partial charge >= 0.3 is 0 Å². The lowest BCUT2D eigenvalue weighted by atomic mass is 9.96. The summed E-state index contributed by atoms with van der Waals surface area (Å²) in [6.07, 6.45) is 2.56. The van der Waals surface area contributed by atoms with E-state index in [2.05, 4.69) is 58.9 Å². The van der Waals surface area contributed by atoms with Crippen LogP contribution in [0.4, 0.5) is 5.82 Å². The highest BCUT2D eigenvalue weighted by Gasteiger charge is 2.24. The van der Waals surface area contributed by atoms with Crippen LogP contribution in [0.25, 0.3) is 0 Å². The highest BCUT2D eigenvalue weighted by molar-refractivity contribution is 9.08. The SMILES string of the molecule is Cc1nn(C)c(N2CCC(CN(C)C)CC2)c1CBr. The fourth-order valence-electron chi connectivity index (χ4n) is 3.09. The van der Waals surface area contributed by atoms with Crippen LogP contribution in [0.2, 0.25) is 0 Å². The predicted octanol–water partition coefficient (Wildman–Crippen LogP) is 2.40. The molecule has 0 N–H and O–H groups in total. The summed E-state index contributed by atoms with van der Waals surface area (Å²) in [4.78, 5) is 4.81. The fraction of sp³-hybridized carbons (Fsp3) is 0.786. The Labute approximate surface area is 124 Å². The maximum absolute atomic E-state index is 4.56. The lowest BCUT2D eigenvalue weighted by Crippen LogP contribution is -2.38. The highest BCUT2D eigenvalue weighted by Crippen LogP contribution is 2.29. The lowest BCUT2D eigenvalue weighted by Gasteiger charge is -2.35. The molecule has 1 aromatic rings. The molecule has 2 heterocycles. The Bertz CT molecular complexity index is 419. The van der Waals surface area contributed by atoms with Gasteiger partial charge < -0.3 is 9.80 Å². The highest BCUT2D eigenvalue weighted by atomic mass is 79.9. The Morgan fingerprint density at radius 1 is 1.32 bits per heavy atom. The first-order valence-electron chi connectivity index (χ1n) is 7.01. The van der Waals surface area contributed by atoms with Gasteiger partial charge in [-0.1, -0.05) is 15.9 Å². The number of piperidine rings is 1. The molecule has 0 aliphatic carbocycles. The molecule has 1 fully saturated rings. The van der Waals surface area contributed by atoms with Crippen LogP contribution in [0.1, 0.15) is 24.1 Å². The second kappa shape index (κ2) is 6.27. The zero-order chi connectivity index (χ0) is 14.0. The van der Waals surface area contributed by atoms with E-state index in [0.717, 1.165) is 30.0 Å². The third-order valence-electron chi connectivity index (χ3n) is 3.98. The molecule has 1 saturated heterocycles. The van der Waals surface area contributed by atoms with Gasteiger partial charge in [0.2, 0.25) is 0 Å². The van der Waals surface area contributed by atoms with Gasteiger partial charge in [0.15, 0.2) is 0 Å². The van der Waals surface area contributed by atoms with Crippen LogP contribution in [0.5, 0.6) is 0 Å². The van der Waals surface area contributed by atoms with E-state index >= 15 is 0 Å². The first kappa shape index (κ1) is 14.9. The minimum absolute atomic E-state index is 0.841. The van der Waals surface area contributed by atoms with E-state index in [1.54, 1.807) is 0 Å². The molecular weight excluding hydrogens is 304 g/mol. The van der Waals surface area contributed by atoms with Gasteiger partial charge in [-0.05, 0) is 39.8 Å². The number of hydrogen-bond acceptors (Lipinski definition) is 3. The van der Waals surface area contributed by atoms with Crippen LogP contribution < -0.4 is 4.90 Å². The summed E-state index contributed by atoms with van der Waals surface area (Å²) in [5.74, 6) is 2.14. The third kappa shape index (κ3) is 3.31. The van der Waals surface area contributed by atoms with Crippen LogP contribution >= 0.6 is 15.9 Å². The van der Waals surface area contributed by atoms with Crippen molar-refractivity contribution in [2.24, 2.45) is 13.0 Å². The topological polar surface area (TPSA) is 24.3 Å². The fourth-order valence-corrected chi connectivity index (χ4v) is 3.74. The third-order valence-corrected chi connectivity index (χ3v) is 4.54. The number of alkyl halides is 1. The Hall–Kier alpha value is -0.550. The molecule has 0 spiro atoms. The van der Waals surface area contributed by atoms with E-state index in [4.69, 9.17) is 0 Å². The zero-order valence-electron chi connectivity index (χ0n) is 12.5. The van der Waals surface area contributed by atoms with Crippen LogP contribution in [0.3, 0.4) is 0 Å². The predicted molar refractivity (Wildman–Crippen MR) is 84.1 cm³/mol. The average molecular weight is 329 g/mol. The molecular formula is C14H25BrN4. The molecule has 0 aromatic carbocycles. The molecule has 0 amide bonds. The molecule has 0 unspecified atom stereocenters. The van der Waals surface area contributed by atoms with Gasteiger partial charge in [0.25, 0.3) is 0 Å². The summed E-state index contributed by atoms with van der Waals surface area (Å²) in [5, 5.41) is 5.45. The molecule has 108 valence electrons. The van der Waals surface area contributed by atoms with Crippen LogP contribution in [0, 0.1) is 12.8 Å². The van der Waals surface area contributed by atoms with Crippen molar-refractivity contribution in [1.82, 2.24) is 14.7 Å². The van der Waals surface area contributed by atoms with E-state index in [1.165, 1.54) is 30.8 Å². The van der Waals surface area contributed by atoms with Crippen molar-refractivity contribution >= 4 is 21.7 Å². The van der Waals surface area contributed by atoms with Crippen molar-refractivity contribution in [3.8, 4) is 0 Å². The van der Waals surface area contributed by atoms with Crippen molar-refractivity contribution in [2.75, 3.05) is 38.6 Å². The summed E-state index contributed by atoms with van der Waals surface area (Å²) in [6, 6.07) is 0. The number of rotatable bonds is 4. The van der Waals surface area contributed by atoms with Gasteiger partial charge in [-0.2, -0.15) is 5.10 Å². The van der Waals surface area contributed by atoms with Gasteiger partial charge in [0.1, 0.15) is 5.82 Å². The normalized spacial score (nSPS) is 17.5. The number of anilines is 1. The Balaban J connectivity index is 2.05. The number of halogens is 1. The smallest absolute Gasteiger partial charge is 0.130 e. The lowest BCUT2D eigenvalue weighted by molar-refractivity contribution is 0.284. The molecule has 4 nitrogen and oxygen atoms in total. The number of hydrogen-bond donors (Lipinski definition) is 0. The van der Waals surface area contributed by atoms with E-state index in [-0.39, 0.29) is 0 Å². The molecule has 19 heavy (non-hydrogen) atoms. The van der Waals surface area contributed by atoms with Gasteiger partial charge in [0.05, 0.1) is 5.69 Å². The van der Waals surface area contributed by atoms with Gasteiger partial charge in [-0.3, -0.25) is 4.68 Å². The Morgan fingerprint density at radius 2 is 1.95 bits per heavy atom. The standard InChI is InChI=1S/C14H25BrN4/c1-11-13(9-15)14(18(4)16-11)19-7-5-12(6-8-19)10-17(2)3/h12H,5-10H2,1-4H3.